The fourth-order valence-corrected chi connectivity index (χ4v) is 4.30. The number of hydrogen-bond acceptors (Lipinski definition) is 6. The van der Waals surface area contributed by atoms with Crippen LogP contribution in [0.25, 0.3) is 22.3 Å². The SMILES string of the molecule is COC(=O)[C@H](Cc1ccc(-c2ccc(-c3ccccc3)cc2)cc1)NC(=O)c1ccc([N+](=O)[O-])c(OCC(F)(F)C(F)(F)F)c1. The Labute approximate surface area is 253 Å². The Morgan fingerprint density at radius 1 is 0.822 bits per heavy atom. The first-order valence-corrected chi connectivity index (χ1v) is 13.3. The quantitative estimate of drug-likeness (QED) is 0.0828. The summed E-state index contributed by atoms with van der Waals surface area (Å²) in [5.41, 5.74) is 3.28. The van der Waals surface area contributed by atoms with Crippen LogP contribution in [0.3, 0.4) is 0 Å². The second-order valence-corrected chi connectivity index (χ2v) is 9.82. The van der Waals surface area contributed by atoms with E-state index in [9.17, 15) is 41.7 Å². The molecule has 0 heterocycles. The lowest BCUT2D eigenvalue weighted by molar-refractivity contribution is -0.386. The first-order valence-electron chi connectivity index (χ1n) is 13.3. The van der Waals surface area contributed by atoms with Crippen molar-refractivity contribution in [3.05, 3.63) is 118 Å². The highest BCUT2D eigenvalue weighted by atomic mass is 19.4. The average Bonchev–Trinajstić information content (AvgIpc) is 3.03. The van der Waals surface area contributed by atoms with Gasteiger partial charge in [-0.1, -0.05) is 78.9 Å². The second-order valence-electron chi connectivity index (χ2n) is 9.82. The van der Waals surface area contributed by atoms with Gasteiger partial charge in [0.05, 0.1) is 12.0 Å². The van der Waals surface area contributed by atoms with E-state index in [-0.39, 0.29) is 6.42 Å². The minimum absolute atomic E-state index is 0.0280. The summed E-state index contributed by atoms with van der Waals surface area (Å²) in [6.45, 7) is -2.25. The van der Waals surface area contributed by atoms with Gasteiger partial charge in [-0.05, 0) is 33.9 Å². The summed E-state index contributed by atoms with van der Waals surface area (Å²) in [7, 11) is 1.10. The van der Waals surface area contributed by atoms with E-state index in [4.69, 9.17) is 4.74 Å². The maximum atomic E-state index is 13.4. The number of halogens is 5. The van der Waals surface area contributed by atoms with Gasteiger partial charge >= 0.3 is 23.8 Å². The molecule has 8 nitrogen and oxygen atoms in total. The molecule has 234 valence electrons. The number of nitrogens with zero attached hydrogens (tertiary/aromatic N) is 1. The van der Waals surface area contributed by atoms with Gasteiger partial charge < -0.3 is 14.8 Å². The van der Waals surface area contributed by atoms with Crippen LogP contribution in [-0.4, -0.2) is 48.7 Å². The Morgan fingerprint density at radius 2 is 1.36 bits per heavy atom. The van der Waals surface area contributed by atoms with E-state index in [0.29, 0.717) is 17.7 Å². The number of nitro benzene ring substituents is 1. The Morgan fingerprint density at radius 3 is 1.87 bits per heavy atom. The van der Waals surface area contributed by atoms with E-state index in [1.54, 1.807) is 12.1 Å². The molecule has 0 saturated heterocycles. The van der Waals surface area contributed by atoms with Gasteiger partial charge in [0.2, 0.25) is 0 Å². The van der Waals surface area contributed by atoms with Gasteiger partial charge in [0.15, 0.2) is 12.4 Å². The number of carbonyl (C=O) groups is 2. The van der Waals surface area contributed by atoms with E-state index in [1.807, 2.05) is 66.7 Å². The normalized spacial score (nSPS) is 12.2. The number of rotatable bonds is 11. The lowest BCUT2D eigenvalue weighted by Crippen LogP contribution is -2.43. The summed E-state index contributed by atoms with van der Waals surface area (Å²) in [4.78, 5) is 35.7. The number of carbonyl (C=O) groups excluding carboxylic acids is 2. The molecule has 0 aromatic heterocycles. The van der Waals surface area contributed by atoms with Gasteiger partial charge in [0.25, 0.3) is 5.91 Å². The van der Waals surface area contributed by atoms with Crippen molar-refractivity contribution < 1.29 is 45.9 Å². The van der Waals surface area contributed by atoms with Crippen LogP contribution < -0.4 is 10.1 Å². The number of ether oxygens (including phenoxy) is 2. The summed E-state index contributed by atoms with van der Waals surface area (Å²) in [5, 5.41) is 13.7. The average molecular weight is 629 g/mol. The van der Waals surface area contributed by atoms with Crippen LogP contribution in [0, 0.1) is 10.1 Å². The molecule has 0 bridgehead atoms. The largest absolute Gasteiger partial charge is 0.480 e. The molecule has 0 radical (unpaired) electrons. The molecule has 0 saturated carbocycles. The zero-order chi connectivity index (χ0) is 32.8. The molecule has 0 unspecified atom stereocenters. The zero-order valence-corrected chi connectivity index (χ0v) is 23.5. The van der Waals surface area contributed by atoms with Crippen LogP contribution in [0.2, 0.25) is 0 Å². The zero-order valence-electron chi connectivity index (χ0n) is 23.5. The van der Waals surface area contributed by atoms with Crippen molar-refractivity contribution in [2.45, 2.75) is 24.6 Å². The summed E-state index contributed by atoms with van der Waals surface area (Å²) in [5.74, 6) is -8.11. The summed E-state index contributed by atoms with van der Waals surface area (Å²) in [6.07, 6.45) is -5.99. The summed E-state index contributed by atoms with van der Waals surface area (Å²) >= 11 is 0. The van der Waals surface area contributed by atoms with E-state index in [2.05, 4.69) is 10.1 Å². The number of amides is 1. The fourth-order valence-electron chi connectivity index (χ4n) is 4.30. The third-order valence-corrected chi connectivity index (χ3v) is 6.75. The molecule has 0 aliphatic rings. The molecule has 0 spiro atoms. The van der Waals surface area contributed by atoms with Crippen molar-refractivity contribution in [3.8, 4) is 28.0 Å². The number of alkyl halides is 5. The van der Waals surface area contributed by atoms with Gasteiger partial charge in [-0.2, -0.15) is 22.0 Å². The Bertz CT molecular complexity index is 1660. The predicted molar refractivity (Wildman–Crippen MR) is 154 cm³/mol. The monoisotopic (exact) mass is 628 g/mol. The van der Waals surface area contributed by atoms with Crippen molar-refractivity contribution in [1.29, 1.82) is 0 Å². The van der Waals surface area contributed by atoms with E-state index in [0.717, 1.165) is 35.4 Å². The first kappa shape index (κ1) is 32.6. The van der Waals surface area contributed by atoms with E-state index < -0.39 is 58.5 Å². The first-order chi connectivity index (χ1) is 21.3. The molecule has 0 aliphatic heterocycles. The predicted octanol–water partition coefficient (Wildman–Crippen LogP) is 7.02. The Hall–Kier alpha value is -5.33. The van der Waals surface area contributed by atoms with Crippen molar-refractivity contribution in [3.63, 3.8) is 0 Å². The van der Waals surface area contributed by atoms with Gasteiger partial charge in [-0.25, -0.2) is 4.79 Å². The number of esters is 1. The third-order valence-electron chi connectivity index (χ3n) is 6.75. The molecule has 4 rings (SSSR count). The summed E-state index contributed by atoms with van der Waals surface area (Å²) in [6, 6.07) is 26.0. The molecule has 13 heteroatoms. The van der Waals surface area contributed by atoms with Crippen LogP contribution in [0.15, 0.2) is 97.1 Å². The van der Waals surface area contributed by atoms with Crippen LogP contribution in [0.1, 0.15) is 15.9 Å². The highest BCUT2D eigenvalue weighted by molar-refractivity contribution is 5.97. The Kier molecular flexibility index (Phi) is 9.80. The minimum atomic E-state index is -5.96. The number of hydrogen-bond donors (Lipinski definition) is 1. The van der Waals surface area contributed by atoms with Crippen molar-refractivity contribution >= 4 is 17.6 Å². The topological polar surface area (TPSA) is 108 Å². The lowest BCUT2D eigenvalue weighted by Gasteiger charge is -2.20. The lowest BCUT2D eigenvalue weighted by atomic mass is 9.98. The minimum Gasteiger partial charge on any atom is -0.480 e. The molecule has 0 fully saturated rings. The number of benzene rings is 4. The van der Waals surface area contributed by atoms with Crippen molar-refractivity contribution in [2.24, 2.45) is 0 Å². The molecule has 1 atom stereocenters. The third kappa shape index (κ3) is 7.99. The smallest absolute Gasteiger partial charge is 0.456 e. The van der Waals surface area contributed by atoms with Gasteiger partial charge in [-0.3, -0.25) is 14.9 Å². The molecular formula is C32H25F5N2O6. The number of methoxy groups -OCH3 is 1. The van der Waals surface area contributed by atoms with Crippen LogP contribution in [0.4, 0.5) is 27.6 Å². The van der Waals surface area contributed by atoms with Crippen LogP contribution >= 0.6 is 0 Å². The highest BCUT2D eigenvalue weighted by Gasteiger charge is 2.58. The summed E-state index contributed by atoms with van der Waals surface area (Å²) < 4.78 is 73.6. The maximum absolute atomic E-state index is 13.4. The molecule has 0 aliphatic carbocycles. The number of nitro groups is 1. The standard InChI is InChI=1S/C32H25F5N2O6/c1-44-30(41)26(17-20-7-9-22(10-8-20)24-13-11-23(12-14-24)21-5-3-2-4-6-21)38-29(40)25-15-16-27(39(42)43)28(18-25)45-19-31(33,34)32(35,36)37/h2-16,18,26H,17,19H2,1H3,(H,38,40)/t26-/m0/s1. The molecular weight excluding hydrogens is 603 g/mol. The molecule has 4 aromatic carbocycles. The molecule has 1 amide bonds. The molecule has 4 aromatic rings. The van der Waals surface area contributed by atoms with E-state index in [1.165, 1.54) is 0 Å². The van der Waals surface area contributed by atoms with Gasteiger partial charge in [-0.15, -0.1) is 0 Å². The Balaban J connectivity index is 1.48. The van der Waals surface area contributed by atoms with Crippen LogP contribution in [-0.2, 0) is 16.0 Å². The second kappa shape index (κ2) is 13.5. The van der Waals surface area contributed by atoms with Crippen molar-refractivity contribution in [2.75, 3.05) is 13.7 Å². The molecule has 45 heavy (non-hydrogen) atoms. The fraction of sp³-hybridized carbons (Fsp3) is 0.188. The van der Waals surface area contributed by atoms with Gasteiger partial charge in [0.1, 0.15) is 6.04 Å². The van der Waals surface area contributed by atoms with Crippen LogP contribution in [0.5, 0.6) is 5.75 Å². The molecule has 1 N–H and O–H groups in total. The van der Waals surface area contributed by atoms with E-state index >= 15 is 0 Å². The number of nitrogens with one attached hydrogen (secondary N) is 1. The van der Waals surface area contributed by atoms with Crippen molar-refractivity contribution in [1.82, 2.24) is 5.32 Å². The van der Waals surface area contributed by atoms with Gasteiger partial charge in [0, 0.05) is 24.1 Å². The maximum Gasteiger partial charge on any atom is 0.456 e. The highest BCUT2D eigenvalue weighted by Crippen LogP contribution is 2.37.